The monoisotopic (exact) mass is 410 g/mol. The van der Waals surface area contributed by atoms with Gasteiger partial charge in [-0.15, -0.1) is 6.58 Å². The Hall–Kier alpha value is -2.86. The van der Waals surface area contributed by atoms with E-state index in [0.717, 1.165) is 25.0 Å². The maximum Gasteiger partial charge on any atom is 0.242 e. The Labute approximate surface area is 178 Å². The third-order valence-electron chi connectivity index (χ3n) is 5.23. The normalized spacial score (nSPS) is 15.7. The summed E-state index contributed by atoms with van der Waals surface area (Å²) in [5.74, 6) is 0.547. The van der Waals surface area contributed by atoms with Crippen molar-refractivity contribution >= 4 is 11.8 Å². The molecule has 0 radical (unpaired) electrons. The fourth-order valence-corrected chi connectivity index (χ4v) is 3.61. The van der Waals surface area contributed by atoms with Crippen molar-refractivity contribution < 1.29 is 18.7 Å². The first kappa shape index (κ1) is 21.8. The standard InChI is InChI=1S/C24H30N2O4/c1-2-14-25(23(27)13-12-20-8-4-3-5-9-20)19-24(28)26(17-21-10-6-15-29-21)18-22-11-7-16-30-22/h2-6,8-10,15,22H,1,7,11-14,16-19H2/t22-/m0/s1. The summed E-state index contributed by atoms with van der Waals surface area (Å²) in [6, 6.07) is 13.5. The van der Waals surface area contributed by atoms with Gasteiger partial charge in [-0.05, 0) is 37.0 Å². The molecule has 1 atom stereocenters. The van der Waals surface area contributed by atoms with Gasteiger partial charge in [0.1, 0.15) is 12.3 Å². The van der Waals surface area contributed by atoms with Gasteiger partial charge < -0.3 is 19.0 Å². The van der Waals surface area contributed by atoms with E-state index in [1.54, 1.807) is 28.2 Å². The maximum absolute atomic E-state index is 13.1. The molecule has 1 saturated heterocycles. The van der Waals surface area contributed by atoms with Crippen LogP contribution in [0.25, 0.3) is 0 Å². The van der Waals surface area contributed by atoms with Crippen LogP contribution in [0.5, 0.6) is 0 Å². The number of ether oxygens (including phenoxy) is 1. The number of aryl methyl sites for hydroxylation is 1. The van der Waals surface area contributed by atoms with E-state index in [0.29, 0.717) is 38.2 Å². The zero-order valence-corrected chi connectivity index (χ0v) is 17.4. The molecule has 6 nitrogen and oxygen atoms in total. The lowest BCUT2D eigenvalue weighted by Gasteiger charge is -2.28. The fourth-order valence-electron chi connectivity index (χ4n) is 3.61. The SMILES string of the molecule is C=CCN(CC(=O)N(Cc1ccco1)C[C@@H]1CCCO1)C(=O)CCc1ccccc1. The highest BCUT2D eigenvalue weighted by molar-refractivity contribution is 5.85. The van der Waals surface area contributed by atoms with Gasteiger partial charge in [-0.2, -0.15) is 0 Å². The molecule has 1 aromatic heterocycles. The molecule has 0 N–H and O–H groups in total. The third-order valence-corrected chi connectivity index (χ3v) is 5.23. The second-order valence-electron chi connectivity index (χ2n) is 7.54. The Bertz CT molecular complexity index is 798. The van der Waals surface area contributed by atoms with Gasteiger partial charge in [0, 0.05) is 26.1 Å². The Morgan fingerprint density at radius 1 is 1.10 bits per heavy atom. The highest BCUT2D eigenvalue weighted by Crippen LogP contribution is 2.16. The van der Waals surface area contributed by atoms with Crippen LogP contribution in [0.4, 0.5) is 0 Å². The largest absolute Gasteiger partial charge is 0.467 e. The van der Waals surface area contributed by atoms with E-state index in [1.807, 2.05) is 36.4 Å². The van der Waals surface area contributed by atoms with Crippen molar-refractivity contribution in [3.05, 3.63) is 72.7 Å². The molecule has 1 aliphatic heterocycles. The average Bonchev–Trinajstić information content (AvgIpc) is 3.46. The maximum atomic E-state index is 13.1. The number of rotatable bonds is 11. The number of carbonyl (C=O) groups is 2. The minimum Gasteiger partial charge on any atom is -0.467 e. The Balaban J connectivity index is 1.61. The summed E-state index contributed by atoms with van der Waals surface area (Å²) in [6.45, 7) is 5.70. The zero-order valence-electron chi connectivity index (χ0n) is 17.4. The minimum atomic E-state index is -0.114. The van der Waals surface area contributed by atoms with E-state index in [4.69, 9.17) is 9.15 Å². The number of nitrogens with zero attached hydrogens (tertiary/aromatic N) is 2. The van der Waals surface area contributed by atoms with E-state index >= 15 is 0 Å². The summed E-state index contributed by atoms with van der Waals surface area (Å²) in [5.41, 5.74) is 1.11. The summed E-state index contributed by atoms with van der Waals surface area (Å²) >= 11 is 0. The van der Waals surface area contributed by atoms with E-state index in [1.165, 1.54) is 0 Å². The van der Waals surface area contributed by atoms with Gasteiger partial charge in [0.25, 0.3) is 0 Å². The molecule has 0 saturated carbocycles. The van der Waals surface area contributed by atoms with Crippen molar-refractivity contribution in [3.63, 3.8) is 0 Å². The third kappa shape index (κ3) is 6.59. The fraction of sp³-hybridized carbons (Fsp3) is 0.417. The predicted octanol–water partition coefficient (Wildman–Crippen LogP) is 3.43. The van der Waals surface area contributed by atoms with Gasteiger partial charge >= 0.3 is 0 Å². The molecule has 1 aromatic carbocycles. The molecule has 2 heterocycles. The number of hydrogen-bond acceptors (Lipinski definition) is 4. The first-order valence-electron chi connectivity index (χ1n) is 10.5. The van der Waals surface area contributed by atoms with Crippen molar-refractivity contribution in [2.45, 2.75) is 38.3 Å². The second-order valence-corrected chi connectivity index (χ2v) is 7.54. The molecule has 2 amide bonds. The van der Waals surface area contributed by atoms with Crippen LogP contribution in [0.1, 0.15) is 30.6 Å². The van der Waals surface area contributed by atoms with Crippen molar-refractivity contribution in [2.75, 3.05) is 26.2 Å². The topological polar surface area (TPSA) is 63.0 Å². The molecule has 160 valence electrons. The van der Waals surface area contributed by atoms with Crippen LogP contribution in [0.3, 0.4) is 0 Å². The lowest BCUT2D eigenvalue weighted by Crippen LogP contribution is -2.45. The van der Waals surface area contributed by atoms with Crippen molar-refractivity contribution in [2.24, 2.45) is 0 Å². The van der Waals surface area contributed by atoms with E-state index < -0.39 is 0 Å². The summed E-state index contributed by atoms with van der Waals surface area (Å²) in [4.78, 5) is 29.2. The first-order valence-corrected chi connectivity index (χ1v) is 10.5. The summed E-state index contributed by atoms with van der Waals surface area (Å²) in [5, 5.41) is 0. The Morgan fingerprint density at radius 2 is 1.93 bits per heavy atom. The molecule has 0 aliphatic carbocycles. The summed E-state index contributed by atoms with van der Waals surface area (Å²) in [7, 11) is 0. The zero-order chi connectivity index (χ0) is 21.2. The van der Waals surface area contributed by atoms with Gasteiger partial charge in [0.05, 0.1) is 18.9 Å². The molecule has 0 unspecified atom stereocenters. The molecular weight excluding hydrogens is 380 g/mol. The van der Waals surface area contributed by atoms with Crippen LogP contribution >= 0.6 is 0 Å². The van der Waals surface area contributed by atoms with Crippen LogP contribution < -0.4 is 0 Å². The molecule has 0 spiro atoms. The van der Waals surface area contributed by atoms with Crippen LogP contribution in [-0.4, -0.2) is 54.0 Å². The number of benzene rings is 1. The van der Waals surface area contributed by atoms with Crippen molar-refractivity contribution in [3.8, 4) is 0 Å². The molecule has 1 fully saturated rings. The van der Waals surface area contributed by atoms with E-state index in [2.05, 4.69) is 6.58 Å². The van der Waals surface area contributed by atoms with Crippen LogP contribution in [0.15, 0.2) is 65.8 Å². The quantitative estimate of drug-likeness (QED) is 0.533. The van der Waals surface area contributed by atoms with Gasteiger partial charge in [-0.1, -0.05) is 36.4 Å². The van der Waals surface area contributed by atoms with Crippen molar-refractivity contribution in [1.82, 2.24) is 9.80 Å². The Kier molecular flexibility index (Phi) is 8.27. The van der Waals surface area contributed by atoms with Gasteiger partial charge in [-0.25, -0.2) is 0 Å². The molecule has 1 aliphatic rings. The molecule has 3 rings (SSSR count). The highest BCUT2D eigenvalue weighted by Gasteiger charge is 2.26. The highest BCUT2D eigenvalue weighted by atomic mass is 16.5. The molecule has 2 aromatic rings. The van der Waals surface area contributed by atoms with Gasteiger partial charge in [-0.3, -0.25) is 9.59 Å². The van der Waals surface area contributed by atoms with Crippen LogP contribution in [0.2, 0.25) is 0 Å². The number of hydrogen-bond donors (Lipinski definition) is 0. The second kappa shape index (κ2) is 11.4. The predicted molar refractivity (Wildman–Crippen MR) is 115 cm³/mol. The molecule has 30 heavy (non-hydrogen) atoms. The van der Waals surface area contributed by atoms with E-state index in [9.17, 15) is 9.59 Å². The average molecular weight is 411 g/mol. The molecule has 6 heteroatoms. The smallest absolute Gasteiger partial charge is 0.242 e. The molecule has 0 bridgehead atoms. The van der Waals surface area contributed by atoms with Gasteiger partial charge in [0.15, 0.2) is 0 Å². The van der Waals surface area contributed by atoms with Crippen LogP contribution in [0, 0.1) is 0 Å². The lowest BCUT2D eigenvalue weighted by atomic mass is 10.1. The summed E-state index contributed by atoms with van der Waals surface area (Å²) < 4.78 is 11.2. The van der Waals surface area contributed by atoms with Crippen molar-refractivity contribution in [1.29, 1.82) is 0 Å². The van der Waals surface area contributed by atoms with Crippen LogP contribution in [-0.2, 0) is 27.3 Å². The number of amides is 2. The first-order chi connectivity index (χ1) is 14.7. The molecular formula is C24H30N2O4. The number of carbonyl (C=O) groups excluding carboxylic acids is 2. The lowest BCUT2D eigenvalue weighted by molar-refractivity contribution is -0.141. The summed E-state index contributed by atoms with van der Waals surface area (Å²) in [6.07, 6.45) is 6.24. The number of furan rings is 1. The van der Waals surface area contributed by atoms with Gasteiger partial charge in [0.2, 0.25) is 11.8 Å². The minimum absolute atomic E-state index is 0.0209. The van der Waals surface area contributed by atoms with E-state index in [-0.39, 0.29) is 24.5 Å². The Morgan fingerprint density at radius 3 is 2.60 bits per heavy atom.